The molecule has 4 aromatic rings. The zero-order chi connectivity index (χ0) is 29.5. The minimum atomic E-state index is 0.198. The van der Waals surface area contributed by atoms with Crippen molar-refractivity contribution >= 4 is 22.7 Å². The number of imidazole rings is 1. The first kappa shape index (κ1) is 29.9. The molecular weight excluding hydrogens is 526 g/mol. The van der Waals surface area contributed by atoms with E-state index in [9.17, 15) is 5.11 Å². The number of aliphatic hydroxyl groups excluding tert-OH is 1. The van der Waals surface area contributed by atoms with Gasteiger partial charge in [0.2, 0.25) is 5.95 Å². The van der Waals surface area contributed by atoms with Gasteiger partial charge in [-0.15, -0.1) is 0 Å². The van der Waals surface area contributed by atoms with E-state index in [1.54, 1.807) is 0 Å². The molecule has 1 aliphatic rings. The zero-order valence-corrected chi connectivity index (χ0v) is 25.5. The highest BCUT2D eigenvalue weighted by molar-refractivity contribution is 5.79. The lowest BCUT2D eigenvalue weighted by atomic mass is 10.0. The summed E-state index contributed by atoms with van der Waals surface area (Å²) >= 11 is 0. The Morgan fingerprint density at radius 3 is 2.50 bits per heavy atom. The van der Waals surface area contributed by atoms with Crippen LogP contribution in [0, 0.1) is 27.7 Å². The summed E-state index contributed by atoms with van der Waals surface area (Å²) in [7, 11) is 0. The van der Waals surface area contributed by atoms with Gasteiger partial charge in [-0.1, -0.05) is 18.2 Å². The fraction of sp³-hybridized carbons (Fsp3) is 0.485. The summed E-state index contributed by atoms with van der Waals surface area (Å²) < 4.78 is 7.73. The van der Waals surface area contributed by atoms with Crippen LogP contribution in [0.1, 0.15) is 52.3 Å². The fourth-order valence-corrected chi connectivity index (χ4v) is 5.51. The van der Waals surface area contributed by atoms with E-state index >= 15 is 0 Å². The van der Waals surface area contributed by atoms with Gasteiger partial charge in [-0.05, 0) is 88.4 Å². The van der Waals surface area contributed by atoms with Crippen LogP contribution in [-0.4, -0.2) is 75.5 Å². The summed E-state index contributed by atoms with van der Waals surface area (Å²) in [6.45, 7) is 15.2. The number of nitrogens with zero attached hydrogens (tertiary/aromatic N) is 5. The Labute approximate surface area is 249 Å². The molecule has 5 rings (SSSR count). The van der Waals surface area contributed by atoms with Crippen LogP contribution in [0.2, 0.25) is 0 Å². The molecule has 3 heterocycles. The van der Waals surface area contributed by atoms with Crippen molar-refractivity contribution in [1.29, 1.82) is 0 Å². The van der Waals surface area contributed by atoms with Gasteiger partial charge < -0.3 is 25.0 Å². The SMILES string of the molecule is Cc1ccc(CCCO)c(NCc2ccc3c(c2)nc(NCCCN2CCOCC2)n3Cc2nc(C)c(C)nc2C)c1. The molecule has 0 aliphatic carbocycles. The summed E-state index contributed by atoms with van der Waals surface area (Å²) in [5.41, 5.74) is 10.6. The second-order valence-electron chi connectivity index (χ2n) is 11.3. The van der Waals surface area contributed by atoms with E-state index in [1.165, 1.54) is 16.7 Å². The number of nitrogens with one attached hydrogen (secondary N) is 2. The van der Waals surface area contributed by atoms with Crippen LogP contribution in [-0.2, 0) is 24.2 Å². The largest absolute Gasteiger partial charge is 0.396 e. The first-order valence-corrected chi connectivity index (χ1v) is 15.2. The molecule has 0 unspecified atom stereocenters. The number of hydrogen-bond donors (Lipinski definition) is 3. The van der Waals surface area contributed by atoms with Crippen molar-refractivity contribution in [2.24, 2.45) is 0 Å². The minimum Gasteiger partial charge on any atom is -0.396 e. The molecule has 9 nitrogen and oxygen atoms in total. The van der Waals surface area contributed by atoms with Gasteiger partial charge in [-0.3, -0.25) is 14.9 Å². The predicted octanol–water partition coefficient (Wildman–Crippen LogP) is 4.78. The Morgan fingerprint density at radius 2 is 1.69 bits per heavy atom. The van der Waals surface area contributed by atoms with Gasteiger partial charge in [0.25, 0.3) is 0 Å². The number of aliphatic hydroxyl groups is 1. The standard InChI is InChI=1S/C33H45N7O2/c1-23-8-10-28(7-5-16-41)29(19-23)35-21-27-9-11-32-30(20-27)38-33(34-12-6-13-39-14-17-42-18-15-39)40(32)22-31-26(4)36-24(2)25(3)37-31/h8-11,19-20,35,41H,5-7,12-18,21-22H2,1-4H3,(H,34,38). The Morgan fingerprint density at radius 1 is 0.881 bits per heavy atom. The molecule has 0 radical (unpaired) electrons. The third-order valence-electron chi connectivity index (χ3n) is 8.09. The van der Waals surface area contributed by atoms with E-state index in [-0.39, 0.29) is 6.61 Å². The number of benzene rings is 2. The number of morpholine rings is 1. The van der Waals surface area contributed by atoms with Crippen LogP contribution >= 0.6 is 0 Å². The lowest BCUT2D eigenvalue weighted by molar-refractivity contribution is 0.0378. The Bertz CT molecular complexity index is 1490. The Hall–Kier alpha value is -3.53. The molecule has 3 N–H and O–H groups in total. The second kappa shape index (κ2) is 14.1. The molecule has 1 saturated heterocycles. The van der Waals surface area contributed by atoms with Crippen LogP contribution < -0.4 is 10.6 Å². The van der Waals surface area contributed by atoms with E-state index in [4.69, 9.17) is 19.7 Å². The van der Waals surface area contributed by atoms with Gasteiger partial charge >= 0.3 is 0 Å². The molecule has 0 atom stereocenters. The highest BCUT2D eigenvalue weighted by atomic mass is 16.5. The van der Waals surface area contributed by atoms with Crippen molar-refractivity contribution in [2.45, 2.75) is 60.0 Å². The van der Waals surface area contributed by atoms with E-state index in [0.29, 0.717) is 13.1 Å². The third-order valence-corrected chi connectivity index (χ3v) is 8.09. The first-order valence-electron chi connectivity index (χ1n) is 15.2. The van der Waals surface area contributed by atoms with Crippen molar-refractivity contribution < 1.29 is 9.84 Å². The number of hydrogen-bond acceptors (Lipinski definition) is 8. The van der Waals surface area contributed by atoms with Gasteiger partial charge in [-0.2, -0.15) is 0 Å². The Balaban J connectivity index is 1.36. The van der Waals surface area contributed by atoms with E-state index in [0.717, 1.165) is 104 Å². The number of aryl methyl sites for hydroxylation is 5. The summed E-state index contributed by atoms with van der Waals surface area (Å²) in [5, 5.41) is 16.6. The van der Waals surface area contributed by atoms with Gasteiger partial charge in [0.05, 0.1) is 53.6 Å². The number of anilines is 2. The molecule has 0 bridgehead atoms. The minimum absolute atomic E-state index is 0.198. The van der Waals surface area contributed by atoms with Gasteiger partial charge in [-0.25, -0.2) is 4.98 Å². The molecule has 2 aromatic carbocycles. The molecular formula is C33H45N7O2. The molecule has 9 heteroatoms. The molecule has 1 fully saturated rings. The average molecular weight is 572 g/mol. The highest BCUT2D eigenvalue weighted by Crippen LogP contribution is 2.25. The lowest BCUT2D eigenvalue weighted by Crippen LogP contribution is -2.37. The van der Waals surface area contributed by atoms with Crippen LogP contribution in [0.5, 0.6) is 0 Å². The van der Waals surface area contributed by atoms with Gasteiger partial charge in [0, 0.05) is 38.5 Å². The van der Waals surface area contributed by atoms with Crippen molar-refractivity contribution in [3.63, 3.8) is 0 Å². The van der Waals surface area contributed by atoms with E-state index in [1.807, 2.05) is 20.8 Å². The van der Waals surface area contributed by atoms with Crippen LogP contribution in [0.4, 0.5) is 11.6 Å². The first-order chi connectivity index (χ1) is 20.4. The van der Waals surface area contributed by atoms with E-state index in [2.05, 4.69) is 63.4 Å². The molecule has 1 aliphatic heterocycles. The smallest absolute Gasteiger partial charge is 0.204 e. The highest BCUT2D eigenvalue weighted by Gasteiger charge is 2.16. The maximum atomic E-state index is 9.32. The van der Waals surface area contributed by atoms with Crippen molar-refractivity contribution in [1.82, 2.24) is 24.4 Å². The number of aromatic nitrogens is 4. The van der Waals surface area contributed by atoms with Crippen LogP contribution in [0.25, 0.3) is 11.0 Å². The van der Waals surface area contributed by atoms with Crippen LogP contribution in [0.15, 0.2) is 36.4 Å². The fourth-order valence-electron chi connectivity index (χ4n) is 5.51. The molecule has 0 amide bonds. The van der Waals surface area contributed by atoms with Gasteiger partial charge in [0.1, 0.15) is 0 Å². The number of fused-ring (bicyclic) bond motifs is 1. The van der Waals surface area contributed by atoms with Gasteiger partial charge in [0.15, 0.2) is 0 Å². The molecule has 224 valence electrons. The van der Waals surface area contributed by atoms with Crippen molar-refractivity contribution in [3.8, 4) is 0 Å². The maximum absolute atomic E-state index is 9.32. The topological polar surface area (TPSA) is 100 Å². The third kappa shape index (κ3) is 7.45. The number of rotatable bonds is 13. The maximum Gasteiger partial charge on any atom is 0.204 e. The molecule has 0 spiro atoms. The molecule has 2 aromatic heterocycles. The van der Waals surface area contributed by atoms with Crippen LogP contribution in [0.3, 0.4) is 0 Å². The summed E-state index contributed by atoms with van der Waals surface area (Å²) in [6, 6.07) is 13.0. The van der Waals surface area contributed by atoms with E-state index < -0.39 is 0 Å². The summed E-state index contributed by atoms with van der Waals surface area (Å²) in [6.07, 6.45) is 2.65. The normalized spacial score (nSPS) is 14.0. The average Bonchev–Trinajstić information content (AvgIpc) is 3.33. The lowest BCUT2D eigenvalue weighted by Gasteiger charge is -2.26. The monoisotopic (exact) mass is 571 g/mol. The Kier molecular flexibility index (Phi) is 10.0. The molecule has 0 saturated carbocycles. The number of ether oxygens (including phenoxy) is 1. The molecule has 42 heavy (non-hydrogen) atoms. The van der Waals surface area contributed by atoms with Crippen molar-refractivity contribution in [3.05, 3.63) is 75.9 Å². The second-order valence-corrected chi connectivity index (χ2v) is 11.3. The van der Waals surface area contributed by atoms with Crippen molar-refractivity contribution in [2.75, 3.05) is 56.6 Å². The zero-order valence-electron chi connectivity index (χ0n) is 25.5. The quantitative estimate of drug-likeness (QED) is 0.197. The summed E-state index contributed by atoms with van der Waals surface area (Å²) in [4.78, 5) is 17.2. The predicted molar refractivity (Wildman–Crippen MR) is 169 cm³/mol. The summed E-state index contributed by atoms with van der Waals surface area (Å²) in [5.74, 6) is 0.862.